The molecule has 2 heterocycles. The van der Waals surface area contributed by atoms with Crippen molar-refractivity contribution in [3.05, 3.63) is 32.5 Å². The summed E-state index contributed by atoms with van der Waals surface area (Å²) in [5.74, 6) is 0.470. The number of carbonyl (C=O) groups excluding carboxylic acids is 1. The molecule has 2 amide bonds. The van der Waals surface area contributed by atoms with Crippen LogP contribution in [-0.2, 0) is 6.42 Å². The zero-order valence-corrected chi connectivity index (χ0v) is 20.2. The van der Waals surface area contributed by atoms with Crippen LogP contribution >= 0.6 is 22.6 Å². The normalized spacial score (nSPS) is 23.8. The number of hydrogen-bond acceptors (Lipinski definition) is 2. The molecule has 5 nitrogen and oxygen atoms in total. The third kappa shape index (κ3) is 3.78. The number of nitrogens with zero attached hydrogens (tertiary/aromatic N) is 2. The van der Waals surface area contributed by atoms with Crippen LogP contribution in [0, 0.1) is 10.5 Å². The molecule has 1 aliphatic heterocycles. The lowest BCUT2D eigenvalue weighted by atomic mass is 9.73. The summed E-state index contributed by atoms with van der Waals surface area (Å²) in [6.07, 6.45) is 3.28. The molecule has 0 saturated carbocycles. The fourth-order valence-corrected chi connectivity index (χ4v) is 6.17. The molecule has 0 unspecified atom stereocenters. The Kier molecular flexibility index (Phi) is 6.11. The summed E-state index contributed by atoms with van der Waals surface area (Å²) in [6, 6.07) is 5.46. The van der Waals surface area contributed by atoms with Crippen molar-refractivity contribution in [1.82, 2.24) is 20.1 Å². The highest BCUT2D eigenvalue weighted by Gasteiger charge is 2.41. The molecule has 1 fully saturated rings. The molecule has 1 aromatic carbocycles. The van der Waals surface area contributed by atoms with E-state index < -0.39 is 0 Å². The summed E-state index contributed by atoms with van der Waals surface area (Å²) in [4.78, 5) is 20.9. The highest BCUT2D eigenvalue weighted by atomic mass is 127. The Morgan fingerprint density at radius 2 is 2.07 bits per heavy atom. The SMILES string of the molecule is CCCN1C[C@@H](NC(=O)N(CC)CC)C[C@@H]2c3cc(I)cc4[nH]c(C)c(c34)C[C@H]21. The van der Waals surface area contributed by atoms with Gasteiger partial charge < -0.3 is 15.2 Å². The predicted molar refractivity (Wildman–Crippen MR) is 128 cm³/mol. The molecule has 3 atom stereocenters. The van der Waals surface area contributed by atoms with Gasteiger partial charge in [-0.05, 0) is 92.4 Å². The fourth-order valence-electron chi connectivity index (χ4n) is 5.53. The Balaban J connectivity index is 1.69. The highest BCUT2D eigenvalue weighted by molar-refractivity contribution is 14.1. The van der Waals surface area contributed by atoms with E-state index in [4.69, 9.17) is 0 Å². The van der Waals surface area contributed by atoms with Crippen LogP contribution < -0.4 is 5.32 Å². The van der Waals surface area contributed by atoms with Crippen molar-refractivity contribution < 1.29 is 4.79 Å². The number of H-pyrrole nitrogens is 1. The quantitative estimate of drug-likeness (QED) is 0.579. The van der Waals surface area contributed by atoms with E-state index in [0.717, 1.165) is 45.4 Å². The van der Waals surface area contributed by atoms with Gasteiger partial charge in [-0.3, -0.25) is 4.90 Å². The summed E-state index contributed by atoms with van der Waals surface area (Å²) >= 11 is 2.44. The van der Waals surface area contributed by atoms with E-state index in [1.54, 1.807) is 0 Å². The van der Waals surface area contributed by atoms with Crippen LogP contribution in [0.1, 0.15) is 56.4 Å². The molecule has 4 rings (SSSR count). The number of rotatable bonds is 5. The van der Waals surface area contributed by atoms with E-state index in [9.17, 15) is 4.79 Å². The van der Waals surface area contributed by atoms with Gasteiger partial charge >= 0.3 is 6.03 Å². The average molecular weight is 508 g/mol. The zero-order valence-electron chi connectivity index (χ0n) is 18.0. The average Bonchev–Trinajstić information content (AvgIpc) is 2.99. The van der Waals surface area contributed by atoms with E-state index in [0.29, 0.717) is 12.0 Å². The van der Waals surface area contributed by atoms with E-state index in [1.165, 1.54) is 31.3 Å². The molecular weight excluding hydrogens is 475 g/mol. The van der Waals surface area contributed by atoms with Crippen LogP contribution in [0.15, 0.2) is 12.1 Å². The van der Waals surface area contributed by atoms with Gasteiger partial charge in [0.2, 0.25) is 0 Å². The molecule has 1 aliphatic carbocycles. The second kappa shape index (κ2) is 8.46. The maximum atomic E-state index is 12.7. The topological polar surface area (TPSA) is 51.4 Å². The molecule has 2 aliphatic rings. The number of likely N-dealkylation sites (tertiary alicyclic amines) is 1. The predicted octanol–water partition coefficient (Wildman–Crippen LogP) is 4.62. The van der Waals surface area contributed by atoms with Gasteiger partial charge in [0.15, 0.2) is 0 Å². The van der Waals surface area contributed by atoms with Crippen LogP contribution in [0.2, 0.25) is 0 Å². The molecule has 0 spiro atoms. The largest absolute Gasteiger partial charge is 0.358 e. The number of nitrogens with one attached hydrogen (secondary N) is 2. The second-order valence-electron chi connectivity index (χ2n) is 8.57. The van der Waals surface area contributed by atoms with Gasteiger partial charge in [-0.2, -0.15) is 0 Å². The third-order valence-corrected chi connectivity index (χ3v) is 7.46. The number of aromatic nitrogens is 1. The molecule has 0 radical (unpaired) electrons. The lowest BCUT2D eigenvalue weighted by molar-refractivity contribution is 0.0978. The number of piperidine rings is 1. The Labute approximate surface area is 187 Å². The summed E-state index contributed by atoms with van der Waals surface area (Å²) in [5.41, 5.74) is 5.56. The number of amides is 2. The number of carbonyl (C=O) groups is 1. The number of aryl methyl sites for hydroxylation is 1. The van der Waals surface area contributed by atoms with Crippen molar-refractivity contribution in [1.29, 1.82) is 0 Å². The Morgan fingerprint density at radius 1 is 1.31 bits per heavy atom. The van der Waals surface area contributed by atoms with Crippen molar-refractivity contribution in [3.63, 3.8) is 0 Å². The van der Waals surface area contributed by atoms with Crippen LogP contribution in [0.3, 0.4) is 0 Å². The van der Waals surface area contributed by atoms with Crippen molar-refractivity contribution in [2.24, 2.45) is 0 Å². The van der Waals surface area contributed by atoms with Crippen molar-refractivity contribution in [2.75, 3.05) is 26.2 Å². The first-order valence-corrected chi connectivity index (χ1v) is 12.1. The van der Waals surface area contributed by atoms with Crippen LogP contribution in [0.5, 0.6) is 0 Å². The van der Waals surface area contributed by atoms with E-state index >= 15 is 0 Å². The summed E-state index contributed by atoms with van der Waals surface area (Å²) < 4.78 is 1.29. The molecule has 1 saturated heterocycles. The Bertz CT molecular complexity index is 904. The Morgan fingerprint density at radius 3 is 2.76 bits per heavy atom. The molecule has 2 N–H and O–H groups in total. The van der Waals surface area contributed by atoms with Crippen LogP contribution in [-0.4, -0.2) is 59.1 Å². The van der Waals surface area contributed by atoms with Gasteiger partial charge in [-0.25, -0.2) is 4.79 Å². The number of benzene rings is 1. The maximum Gasteiger partial charge on any atom is 0.317 e. The van der Waals surface area contributed by atoms with Crippen LogP contribution in [0.25, 0.3) is 10.9 Å². The zero-order chi connectivity index (χ0) is 20.7. The van der Waals surface area contributed by atoms with Crippen molar-refractivity contribution in [2.45, 2.75) is 65.0 Å². The second-order valence-corrected chi connectivity index (χ2v) is 9.82. The maximum absolute atomic E-state index is 12.7. The third-order valence-electron chi connectivity index (χ3n) is 6.84. The van der Waals surface area contributed by atoms with E-state index in [1.807, 2.05) is 18.7 Å². The summed E-state index contributed by atoms with van der Waals surface area (Å²) in [5, 5.41) is 4.79. The molecular formula is C23H33IN4O. The molecule has 6 heteroatoms. The van der Waals surface area contributed by atoms with Gasteiger partial charge in [0.05, 0.1) is 0 Å². The molecule has 158 valence electrons. The van der Waals surface area contributed by atoms with Gasteiger partial charge in [0.1, 0.15) is 0 Å². The smallest absolute Gasteiger partial charge is 0.317 e. The monoisotopic (exact) mass is 508 g/mol. The van der Waals surface area contributed by atoms with Gasteiger partial charge in [0, 0.05) is 57.8 Å². The molecule has 0 bridgehead atoms. The number of urea groups is 1. The van der Waals surface area contributed by atoms with Gasteiger partial charge in [0.25, 0.3) is 0 Å². The van der Waals surface area contributed by atoms with Crippen molar-refractivity contribution in [3.8, 4) is 0 Å². The fraction of sp³-hybridized carbons (Fsp3) is 0.609. The minimum atomic E-state index is 0.0803. The van der Waals surface area contributed by atoms with E-state index in [2.05, 4.69) is 63.8 Å². The minimum absolute atomic E-state index is 0.0803. The lowest BCUT2D eigenvalue weighted by Gasteiger charge is -2.47. The number of aromatic amines is 1. The molecule has 29 heavy (non-hydrogen) atoms. The first kappa shape index (κ1) is 21.0. The summed E-state index contributed by atoms with van der Waals surface area (Å²) in [7, 11) is 0. The minimum Gasteiger partial charge on any atom is -0.358 e. The van der Waals surface area contributed by atoms with Crippen molar-refractivity contribution >= 4 is 39.5 Å². The number of halogens is 1. The van der Waals surface area contributed by atoms with Gasteiger partial charge in [-0.1, -0.05) is 6.92 Å². The standard InChI is InChI=1S/C23H33IN4O/c1-5-8-28-13-16(26-23(29)27(6-2)7-3)11-18-19-9-15(24)10-20-22(19)17(12-21(18)28)14(4)25-20/h9-10,16,18,21,25H,5-8,11-13H2,1-4H3,(H,26,29)/t16-,18+,21+/m0/s1. The first-order valence-electron chi connectivity index (χ1n) is 11.1. The van der Waals surface area contributed by atoms with Gasteiger partial charge in [-0.15, -0.1) is 0 Å². The van der Waals surface area contributed by atoms with Crippen LogP contribution in [0.4, 0.5) is 4.79 Å². The highest BCUT2D eigenvalue weighted by Crippen LogP contribution is 2.45. The van der Waals surface area contributed by atoms with E-state index in [-0.39, 0.29) is 12.1 Å². The first-order chi connectivity index (χ1) is 14.0. The molecule has 2 aromatic rings. The Hall–Kier alpha value is -1.28. The summed E-state index contributed by atoms with van der Waals surface area (Å²) in [6.45, 7) is 12.1. The number of fused-ring (bicyclic) bond motifs is 2. The lowest BCUT2D eigenvalue weighted by Crippen LogP contribution is -2.58. The molecule has 1 aromatic heterocycles. The number of hydrogen-bond donors (Lipinski definition) is 2.